The van der Waals surface area contributed by atoms with Gasteiger partial charge in [-0.05, 0) is 99.4 Å². The molecule has 1 aromatic carbocycles. The Labute approximate surface area is 175 Å². The first-order valence-corrected chi connectivity index (χ1v) is 10.6. The van der Waals surface area contributed by atoms with Crippen LogP contribution in [0.1, 0.15) is 81.8 Å². The average molecular weight is 396 g/mol. The molecule has 1 amide bonds. The van der Waals surface area contributed by atoms with E-state index < -0.39 is 5.82 Å². The van der Waals surface area contributed by atoms with Gasteiger partial charge in [-0.3, -0.25) is 4.79 Å². The second-order valence-corrected chi connectivity index (χ2v) is 7.88. The number of nitrogens with one attached hydrogen (secondary N) is 1. The molecule has 0 aliphatic heterocycles. The molecule has 29 heavy (non-hydrogen) atoms. The summed E-state index contributed by atoms with van der Waals surface area (Å²) in [6.45, 7) is 12.4. The van der Waals surface area contributed by atoms with Crippen LogP contribution < -0.4 is 5.32 Å². The zero-order valence-corrected chi connectivity index (χ0v) is 18.7. The zero-order valence-electron chi connectivity index (χ0n) is 18.7. The molecule has 1 aliphatic rings. The van der Waals surface area contributed by atoms with Crippen molar-refractivity contribution in [3.8, 4) is 0 Å². The van der Waals surface area contributed by atoms with Gasteiger partial charge in [0.1, 0.15) is 5.82 Å². The Hall–Kier alpha value is -2.42. The number of hydrogen-bond acceptors (Lipinski definition) is 1. The Kier molecular flexibility index (Phi) is 8.19. The van der Waals surface area contributed by atoms with Gasteiger partial charge in [-0.15, -0.1) is 0 Å². The van der Waals surface area contributed by atoms with Gasteiger partial charge in [0.2, 0.25) is 0 Å². The minimum atomic E-state index is -0.465. The molecule has 0 aromatic heterocycles. The number of benzene rings is 1. The van der Waals surface area contributed by atoms with Crippen LogP contribution in [0.4, 0.5) is 4.39 Å². The Morgan fingerprint density at radius 1 is 1.17 bits per heavy atom. The number of carbonyl (C=O) groups is 1. The van der Waals surface area contributed by atoms with Crippen LogP contribution in [0.15, 0.2) is 53.2 Å². The fraction of sp³-hybridized carbons (Fsp3) is 0.423. The quantitative estimate of drug-likeness (QED) is 0.469. The number of aryl methyl sites for hydroxylation is 1. The third kappa shape index (κ3) is 6.28. The molecule has 0 saturated heterocycles. The molecule has 1 aliphatic carbocycles. The first kappa shape index (κ1) is 22.9. The van der Waals surface area contributed by atoms with E-state index >= 15 is 0 Å². The summed E-state index contributed by atoms with van der Waals surface area (Å²) in [5.74, 6) is -0.789. The van der Waals surface area contributed by atoms with Crippen LogP contribution >= 0.6 is 0 Å². The average Bonchev–Trinajstić information content (AvgIpc) is 3.49. The maximum absolute atomic E-state index is 14.5. The molecule has 0 atom stereocenters. The van der Waals surface area contributed by atoms with Crippen molar-refractivity contribution < 1.29 is 9.18 Å². The first-order chi connectivity index (χ1) is 13.8. The normalized spacial score (nSPS) is 16.2. The molecule has 1 fully saturated rings. The maximum atomic E-state index is 14.5. The predicted octanol–water partition coefficient (Wildman–Crippen LogP) is 7.07. The summed E-state index contributed by atoms with van der Waals surface area (Å²) in [5, 5.41) is 2.89. The van der Waals surface area contributed by atoms with E-state index in [1.54, 1.807) is 6.07 Å². The molecular weight excluding hydrogens is 361 g/mol. The summed E-state index contributed by atoms with van der Waals surface area (Å²) in [4.78, 5) is 12.5. The highest BCUT2D eigenvalue weighted by Gasteiger charge is 2.25. The molecule has 1 aromatic rings. The standard InChI is InChI=1S/C26H34FNO/c1-7-10-18(5)21(13-17(4)8-2)15-20(9-3)23-16-24(25(27)14-19(23)6)26(29)28-22-11-12-22/h9-10,13-16,22H,7-8,11-12H2,1-6H3,(H,28,29)/b17-13-,18-10+,20-9+,21-15-. The van der Waals surface area contributed by atoms with Crippen molar-refractivity contribution in [1.82, 2.24) is 5.32 Å². The molecule has 2 rings (SSSR count). The van der Waals surface area contributed by atoms with E-state index in [0.29, 0.717) is 0 Å². The van der Waals surface area contributed by atoms with E-state index in [4.69, 9.17) is 0 Å². The summed E-state index contributed by atoms with van der Waals surface area (Å²) in [6, 6.07) is 3.36. The van der Waals surface area contributed by atoms with E-state index in [2.05, 4.69) is 51.2 Å². The molecule has 1 saturated carbocycles. The van der Waals surface area contributed by atoms with E-state index in [1.165, 1.54) is 17.2 Å². The highest BCUT2D eigenvalue weighted by Crippen LogP contribution is 2.28. The van der Waals surface area contributed by atoms with Crippen molar-refractivity contribution in [3.63, 3.8) is 0 Å². The van der Waals surface area contributed by atoms with E-state index in [-0.39, 0.29) is 17.5 Å². The van der Waals surface area contributed by atoms with Crippen LogP contribution in [0.3, 0.4) is 0 Å². The smallest absolute Gasteiger partial charge is 0.254 e. The van der Waals surface area contributed by atoms with Crippen LogP contribution in [0.5, 0.6) is 0 Å². The minimum absolute atomic E-state index is 0.118. The number of hydrogen-bond donors (Lipinski definition) is 1. The number of halogens is 1. The lowest BCUT2D eigenvalue weighted by Gasteiger charge is -2.13. The summed E-state index contributed by atoms with van der Waals surface area (Å²) in [7, 11) is 0. The summed E-state index contributed by atoms with van der Waals surface area (Å²) >= 11 is 0. The molecule has 0 radical (unpaired) electrons. The monoisotopic (exact) mass is 395 g/mol. The summed E-state index contributed by atoms with van der Waals surface area (Å²) < 4.78 is 14.5. The summed E-state index contributed by atoms with van der Waals surface area (Å²) in [6.07, 6.45) is 12.5. The number of rotatable bonds is 8. The third-order valence-corrected chi connectivity index (χ3v) is 5.33. The van der Waals surface area contributed by atoms with Crippen molar-refractivity contribution >= 4 is 11.5 Å². The molecule has 0 spiro atoms. The van der Waals surface area contributed by atoms with E-state index in [0.717, 1.165) is 48.0 Å². The fourth-order valence-electron chi connectivity index (χ4n) is 3.19. The second kappa shape index (κ2) is 10.4. The van der Waals surface area contributed by atoms with Crippen molar-refractivity contribution in [2.75, 3.05) is 0 Å². The topological polar surface area (TPSA) is 29.1 Å². The maximum Gasteiger partial charge on any atom is 0.254 e. The van der Waals surface area contributed by atoms with Gasteiger partial charge in [-0.2, -0.15) is 0 Å². The van der Waals surface area contributed by atoms with Gasteiger partial charge < -0.3 is 5.32 Å². The molecule has 0 unspecified atom stereocenters. The third-order valence-electron chi connectivity index (χ3n) is 5.33. The van der Waals surface area contributed by atoms with Crippen LogP contribution in [-0.4, -0.2) is 11.9 Å². The van der Waals surface area contributed by atoms with Crippen LogP contribution in [0, 0.1) is 12.7 Å². The molecule has 0 heterocycles. The van der Waals surface area contributed by atoms with E-state index in [1.807, 2.05) is 19.9 Å². The van der Waals surface area contributed by atoms with Crippen molar-refractivity contribution in [2.24, 2.45) is 0 Å². The largest absolute Gasteiger partial charge is 0.349 e. The lowest BCUT2D eigenvalue weighted by Crippen LogP contribution is -2.26. The number of carbonyl (C=O) groups excluding carboxylic acids is 1. The van der Waals surface area contributed by atoms with Gasteiger partial charge in [0, 0.05) is 6.04 Å². The summed E-state index contributed by atoms with van der Waals surface area (Å²) in [5.41, 5.74) is 6.48. The van der Waals surface area contributed by atoms with Gasteiger partial charge in [0.15, 0.2) is 0 Å². The molecule has 3 heteroatoms. The zero-order chi connectivity index (χ0) is 21.6. The molecule has 1 N–H and O–H groups in total. The Bertz CT molecular complexity index is 882. The van der Waals surface area contributed by atoms with Crippen LogP contribution in [-0.2, 0) is 0 Å². The van der Waals surface area contributed by atoms with Gasteiger partial charge >= 0.3 is 0 Å². The molecular formula is C26H34FNO. The predicted molar refractivity (Wildman–Crippen MR) is 121 cm³/mol. The minimum Gasteiger partial charge on any atom is -0.349 e. The second-order valence-electron chi connectivity index (χ2n) is 7.88. The van der Waals surface area contributed by atoms with Crippen LogP contribution in [0.25, 0.3) is 5.57 Å². The highest BCUT2D eigenvalue weighted by molar-refractivity contribution is 5.96. The number of amides is 1. The lowest BCUT2D eigenvalue weighted by molar-refractivity contribution is 0.0947. The van der Waals surface area contributed by atoms with E-state index in [9.17, 15) is 9.18 Å². The van der Waals surface area contributed by atoms with Crippen molar-refractivity contribution in [2.45, 2.75) is 73.3 Å². The highest BCUT2D eigenvalue weighted by atomic mass is 19.1. The lowest BCUT2D eigenvalue weighted by atomic mass is 9.93. The van der Waals surface area contributed by atoms with Gasteiger partial charge in [0.05, 0.1) is 5.56 Å². The van der Waals surface area contributed by atoms with Gasteiger partial charge in [-0.1, -0.05) is 37.6 Å². The van der Waals surface area contributed by atoms with Crippen molar-refractivity contribution in [1.29, 1.82) is 0 Å². The first-order valence-electron chi connectivity index (χ1n) is 10.6. The molecule has 156 valence electrons. The van der Waals surface area contributed by atoms with Crippen molar-refractivity contribution in [3.05, 3.63) is 75.7 Å². The Morgan fingerprint density at radius 2 is 1.86 bits per heavy atom. The number of allylic oxidation sites excluding steroid dienone is 8. The fourth-order valence-corrected chi connectivity index (χ4v) is 3.19. The molecule has 0 bridgehead atoms. The Balaban J connectivity index is 2.52. The van der Waals surface area contributed by atoms with Gasteiger partial charge in [0.25, 0.3) is 5.91 Å². The Morgan fingerprint density at radius 3 is 2.41 bits per heavy atom. The molecule has 2 nitrogen and oxygen atoms in total. The SMILES string of the molecule is C\C=C(/C=C(/C=C(/C)CC)C(\C)=C\CC)c1cc(C(=O)NC2CC2)c(F)cc1C. The van der Waals surface area contributed by atoms with Gasteiger partial charge in [-0.25, -0.2) is 4.39 Å². The van der Waals surface area contributed by atoms with Crippen LogP contribution in [0.2, 0.25) is 0 Å².